The molecule has 0 aliphatic rings. The number of nitrogens with one attached hydrogen (secondary N) is 1. The topological polar surface area (TPSA) is 12.0 Å². The molecule has 0 aromatic heterocycles. The Balaban J connectivity index is 1.97. The highest BCUT2D eigenvalue weighted by atomic mass is 35.5. The van der Waals surface area contributed by atoms with Crippen LogP contribution in [0.3, 0.4) is 0 Å². The molecule has 0 aliphatic carbocycles. The van der Waals surface area contributed by atoms with Crippen LogP contribution in [0.5, 0.6) is 0 Å². The predicted octanol–water partition coefficient (Wildman–Crippen LogP) is 6.39. The molecule has 112 valence electrons. The van der Waals surface area contributed by atoms with E-state index in [1.54, 1.807) is 12.1 Å². The van der Waals surface area contributed by atoms with Gasteiger partial charge in [0.2, 0.25) is 0 Å². The van der Waals surface area contributed by atoms with E-state index in [1.807, 2.05) is 0 Å². The molecule has 2 aromatic carbocycles. The number of hydrogen-bond acceptors (Lipinski definition) is 1. The van der Waals surface area contributed by atoms with Gasteiger partial charge in [0.25, 0.3) is 0 Å². The molecular weight excluding hydrogens is 325 g/mol. The van der Waals surface area contributed by atoms with Crippen LogP contribution in [0, 0.1) is 6.92 Å². The minimum atomic E-state index is 0.265. The maximum Gasteiger partial charge on any atom is 0.0722 e. The van der Waals surface area contributed by atoms with Crippen LogP contribution < -0.4 is 5.32 Å². The Kier molecular flexibility index (Phi) is 5.80. The predicted molar refractivity (Wildman–Crippen MR) is 94.1 cm³/mol. The second-order valence-electron chi connectivity index (χ2n) is 5.32. The maximum absolute atomic E-state index is 6.19. The van der Waals surface area contributed by atoms with Crippen molar-refractivity contribution >= 4 is 40.5 Å². The molecule has 2 aromatic rings. The zero-order valence-electron chi connectivity index (χ0n) is 12.1. The molecule has 0 amide bonds. The molecule has 0 bridgehead atoms. The van der Waals surface area contributed by atoms with Gasteiger partial charge in [-0.05, 0) is 44.4 Å². The third kappa shape index (κ3) is 4.81. The lowest BCUT2D eigenvalue weighted by Gasteiger charge is -2.18. The fourth-order valence-electron chi connectivity index (χ4n) is 2.25. The summed E-state index contributed by atoms with van der Waals surface area (Å²) in [5.41, 5.74) is 3.38. The molecule has 2 rings (SSSR count). The van der Waals surface area contributed by atoms with Gasteiger partial charge in [-0.1, -0.05) is 64.6 Å². The number of rotatable bonds is 5. The molecular formula is C17H18Cl3N. The van der Waals surface area contributed by atoms with Crippen LogP contribution in [0.1, 0.15) is 24.5 Å². The Bertz CT molecular complexity index is 602. The number of benzene rings is 2. The quantitative estimate of drug-likeness (QED) is 0.664. The second kappa shape index (κ2) is 7.40. The molecule has 0 saturated heterocycles. The van der Waals surface area contributed by atoms with E-state index in [9.17, 15) is 0 Å². The lowest BCUT2D eigenvalue weighted by Crippen LogP contribution is -2.16. The van der Waals surface area contributed by atoms with Crippen molar-refractivity contribution < 1.29 is 0 Å². The van der Waals surface area contributed by atoms with Crippen LogP contribution in [0.2, 0.25) is 15.1 Å². The number of hydrogen-bond donors (Lipinski definition) is 1. The summed E-state index contributed by atoms with van der Waals surface area (Å²) in [5.74, 6) is 0. The van der Waals surface area contributed by atoms with Crippen molar-refractivity contribution in [1.82, 2.24) is 0 Å². The van der Waals surface area contributed by atoms with E-state index in [4.69, 9.17) is 34.8 Å². The van der Waals surface area contributed by atoms with Gasteiger partial charge in [0.15, 0.2) is 0 Å². The summed E-state index contributed by atoms with van der Waals surface area (Å²) in [4.78, 5) is 0. The van der Waals surface area contributed by atoms with E-state index in [-0.39, 0.29) is 6.04 Å². The Labute approximate surface area is 141 Å². The molecule has 0 heterocycles. The minimum Gasteiger partial charge on any atom is -0.380 e. The van der Waals surface area contributed by atoms with Gasteiger partial charge in [-0.15, -0.1) is 0 Å². The summed E-state index contributed by atoms with van der Waals surface area (Å²) in [6.45, 7) is 4.23. The standard InChI is InChI=1S/C17H18Cl3N/c1-11-4-3-5-13(8-11)7-6-12(2)21-17-15(19)9-14(18)10-16(17)20/h3-5,8-10,12,21H,6-7H2,1-2H3. The molecule has 1 nitrogen and oxygen atoms in total. The van der Waals surface area contributed by atoms with Gasteiger partial charge in [0, 0.05) is 11.1 Å². The Morgan fingerprint density at radius 1 is 1.05 bits per heavy atom. The summed E-state index contributed by atoms with van der Waals surface area (Å²) in [7, 11) is 0. The summed E-state index contributed by atoms with van der Waals surface area (Å²) in [5, 5.41) is 5.01. The van der Waals surface area contributed by atoms with Gasteiger partial charge in [-0.2, -0.15) is 0 Å². The Morgan fingerprint density at radius 2 is 1.71 bits per heavy atom. The van der Waals surface area contributed by atoms with Crippen molar-refractivity contribution in [2.24, 2.45) is 0 Å². The van der Waals surface area contributed by atoms with E-state index in [2.05, 4.69) is 43.4 Å². The van der Waals surface area contributed by atoms with E-state index in [0.717, 1.165) is 18.5 Å². The van der Waals surface area contributed by atoms with Gasteiger partial charge >= 0.3 is 0 Å². The largest absolute Gasteiger partial charge is 0.380 e. The van der Waals surface area contributed by atoms with E-state index in [0.29, 0.717) is 15.1 Å². The van der Waals surface area contributed by atoms with Crippen LogP contribution in [0.25, 0.3) is 0 Å². The molecule has 1 atom stereocenters. The van der Waals surface area contributed by atoms with Gasteiger partial charge in [-0.25, -0.2) is 0 Å². The van der Waals surface area contributed by atoms with Crippen LogP contribution in [-0.4, -0.2) is 6.04 Å². The van der Waals surface area contributed by atoms with E-state index in [1.165, 1.54) is 11.1 Å². The number of anilines is 1. The molecule has 0 fully saturated rings. The number of aryl methyl sites for hydroxylation is 2. The molecule has 1 N–H and O–H groups in total. The van der Waals surface area contributed by atoms with Crippen molar-refractivity contribution in [2.45, 2.75) is 32.7 Å². The third-order valence-electron chi connectivity index (χ3n) is 3.35. The first kappa shape index (κ1) is 16.5. The Morgan fingerprint density at radius 3 is 2.33 bits per heavy atom. The zero-order chi connectivity index (χ0) is 15.4. The normalized spacial score (nSPS) is 12.2. The average Bonchev–Trinajstić information content (AvgIpc) is 2.40. The first-order valence-electron chi connectivity index (χ1n) is 6.92. The fourth-order valence-corrected chi connectivity index (χ4v) is 3.18. The van der Waals surface area contributed by atoms with Gasteiger partial charge < -0.3 is 5.32 Å². The first-order valence-corrected chi connectivity index (χ1v) is 8.05. The van der Waals surface area contributed by atoms with Gasteiger partial charge in [0.1, 0.15) is 0 Å². The summed E-state index contributed by atoms with van der Waals surface area (Å²) >= 11 is 18.3. The van der Waals surface area contributed by atoms with Crippen LogP contribution in [0.15, 0.2) is 36.4 Å². The lowest BCUT2D eigenvalue weighted by molar-refractivity contribution is 0.706. The van der Waals surface area contributed by atoms with E-state index >= 15 is 0 Å². The molecule has 1 unspecified atom stereocenters. The van der Waals surface area contributed by atoms with Crippen LogP contribution in [-0.2, 0) is 6.42 Å². The third-order valence-corrected chi connectivity index (χ3v) is 4.16. The lowest BCUT2D eigenvalue weighted by atomic mass is 10.0. The zero-order valence-corrected chi connectivity index (χ0v) is 14.4. The van der Waals surface area contributed by atoms with Gasteiger partial charge in [0.05, 0.1) is 15.7 Å². The van der Waals surface area contributed by atoms with Crippen molar-refractivity contribution in [3.05, 3.63) is 62.6 Å². The maximum atomic E-state index is 6.19. The number of halogens is 3. The molecule has 0 aliphatic heterocycles. The van der Waals surface area contributed by atoms with Crippen LogP contribution >= 0.6 is 34.8 Å². The highest BCUT2D eigenvalue weighted by molar-refractivity contribution is 6.41. The van der Waals surface area contributed by atoms with Crippen molar-refractivity contribution in [1.29, 1.82) is 0 Å². The Hall–Kier alpha value is -0.890. The summed E-state index contributed by atoms with van der Waals surface area (Å²) in [6, 6.07) is 12.2. The first-order chi connectivity index (χ1) is 9.95. The van der Waals surface area contributed by atoms with Crippen LogP contribution in [0.4, 0.5) is 5.69 Å². The smallest absolute Gasteiger partial charge is 0.0722 e. The van der Waals surface area contributed by atoms with Gasteiger partial charge in [-0.3, -0.25) is 0 Å². The molecule has 0 spiro atoms. The average molecular weight is 343 g/mol. The van der Waals surface area contributed by atoms with Crippen molar-refractivity contribution in [3.8, 4) is 0 Å². The fraction of sp³-hybridized carbons (Fsp3) is 0.294. The molecule has 0 radical (unpaired) electrons. The van der Waals surface area contributed by atoms with E-state index < -0.39 is 0 Å². The SMILES string of the molecule is Cc1cccc(CCC(C)Nc2c(Cl)cc(Cl)cc2Cl)c1. The minimum absolute atomic E-state index is 0.265. The highest BCUT2D eigenvalue weighted by Gasteiger charge is 2.11. The summed E-state index contributed by atoms with van der Waals surface area (Å²) < 4.78 is 0. The molecule has 0 saturated carbocycles. The highest BCUT2D eigenvalue weighted by Crippen LogP contribution is 2.34. The summed E-state index contributed by atoms with van der Waals surface area (Å²) in [6.07, 6.45) is 2.01. The monoisotopic (exact) mass is 341 g/mol. The molecule has 21 heavy (non-hydrogen) atoms. The molecule has 4 heteroatoms. The van der Waals surface area contributed by atoms with Crippen molar-refractivity contribution in [3.63, 3.8) is 0 Å². The second-order valence-corrected chi connectivity index (χ2v) is 6.57. The van der Waals surface area contributed by atoms with Crippen molar-refractivity contribution in [2.75, 3.05) is 5.32 Å².